The molecule has 0 atom stereocenters. The molecular formula is C17H14N6O3S. The number of aromatic nitrogens is 2. The molecule has 3 rings (SSSR count). The molecule has 1 amide bonds. The van der Waals surface area contributed by atoms with E-state index in [-0.39, 0.29) is 5.69 Å². The Morgan fingerprint density at radius 3 is 2.93 bits per heavy atom. The number of hydrazone groups is 1. The first-order valence-corrected chi connectivity index (χ1v) is 8.57. The van der Waals surface area contributed by atoms with E-state index in [4.69, 9.17) is 0 Å². The Labute approximate surface area is 157 Å². The van der Waals surface area contributed by atoms with Crippen LogP contribution >= 0.6 is 11.3 Å². The fourth-order valence-corrected chi connectivity index (χ4v) is 2.97. The van der Waals surface area contributed by atoms with Gasteiger partial charge in [-0.2, -0.15) is 5.10 Å². The Balaban J connectivity index is 1.68. The van der Waals surface area contributed by atoms with E-state index in [1.807, 2.05) is 6.07 Å². The number of aryl methyl sites for hydroxylation is 1. The smallest absolute Gasteiger partial charge is 0.271 e. The maximum atomic E-state index is 12.4. The van der Waals surface area contributed by atoms with Crippen molar-refractivity contribution in [3.63, 3.8) is 0 Å². The summed E-state index contributed by atoms with van der Waals surface area (Å²) in [4.78, 5) is 31.4. The van der Waals surface area contributed by atoms with Crippen molar-refractivity contribution in [1.29, 1.82) is 0 Å². The minimum atomic E-state index is -0.518. The van der Waals surface area contributed by atoms with E-state index in [0.29, 0.717) is 21.4 Å². The molecule has 0 saturated heterocycles. The predicted octanol–water partition coefficient (Wildman–Crippen LogP) is 3.45. The lowest BCUT2D eigenvalue weighted by molar-refractivity contribution is -0.384. The lowest BCUT2D eigenvalue weighted by Gasteiger charge is -2.03. The molecule has 0 saturated carbocycles. The SMILES string of the molecule is Cc1nc(N/N=C/c2cccnc2)sc1C(=O)Nc1cccc([N+](=O)[O-])c1. The van der Waals surface area contributed by atoms with Crippen molar-refractivity contribution < 1.29 is 9.72 Å². The maximum Gasteiger partial charge on any atom is 0.271 e. The van der Waals surface area contributed by atoms with Crippen LogP contribution in [-0.4, -0.2) is 27.0 Å². The number of carbonyl (C=O) groups is 1. The third kappa shape index (κ3) is 4.70. The van der Waals surface area contributed by atoms with Crippen molar-refractivity contribution in [3.8, 4) is 0 Å². The van der Waals surface area contributed by atoms with Crippen LogP contribution in [0.4, 0.5) is 16.5 Å². The molecule has 136 valence electrons. The highest BCUT2D eigenvalue weighted by Crippen LogP contribution is 2.24. The van der Waals surface area contributed by atoms with Crippen LogP contribution in [-0.2, 0) is 0 Å². The molecule has 10 heteroatoms. The zero-order valence-corrected chi connectivity index (χ0v) is 14.9. The molecule has 0 bridgehead atoms. The van der Waals surface area contributed by atoms with E-state index in [2.05, 4.69) is 25.8 Å². The number of hydrogen-bond donors (Lipinski definition) is 2. The molecule has 0 unspecified atom stereocenters. The number of nitrogens with zero attached hydrogens (tertiary/aromatic N) is 4. The van der Waals surface area contributed by atoms with E-state index in [0.717, 1.165) is 16.9 Å². The number of rotatable bonds is 6. The average Bonchev–Trinajstić information content (AvgIpc) is 3.03. The van der Waals surface area contributed by atoms with Gasteiger partial charge in [0, 0.05) is 35.8 Å². The van der Waals surface area contributed by atoms with Crippen LogP contribution in [0.5, 0.6) is 0 Å². The number of benzene rings is 1. The second kappa shape index (κ2) is 8.15. The standard InChI is InChI=1S/C17H14N6O3S/c1-11-15(16(24)21-13-5-2-6-14(8-13)23(25)26)27-17(20-11)22-19-10-12-4-3-7-18-9-12/h2-10H,1H3,(H,20,22)(H,21,24)/b19-10+. The van der Waals surface area contributed by atoms with E-state index < -0.39 is 10.8 Å². The number of nitro benzene ring substituents is 1. The van der Waals surface area contributed by atoms with Crippen molar-refractivity contribution in [2.45, 2.75) is 6.92 Å². The zero-order valence-electron chi connectivity index (χ0n) is 14.1. The minimum absolute atomic E-state index is 0.0964. The first-order chi connectivity index (χ1) is 13.0. The Morgan fingerprint density at radius 1 is 1.33 bits per heavy atom. The van der Waals surface area contributed by atoms with Gasteiger partial charge in [0.1, 0.15) is 4.88 Å². The normalized spacial score (nSPS) is 10.7. The van der Waals surface area contributed by atoms with Gasteiger partial charge < -0.3 is 5.32 Å². The van der Waals surface area contributed by atoms with Gasteiger partial charge in [0.05, 0.1) is 16.8 Å². The largest absolute Gasteiger partial charge is 0.321 e. The first-order valence-electron chi connectivity index (χ1n) is 7.75. The second-order valence-electron chi connectivity index (χ2n) is 5.35. The van der Waals surface area contributed by atoms with Gasteiger partial charge in [-0.1, -0.05) is 23.5 Å². The quantitative estimate of drug-likeness (QED) is 0.382. The van der Waals surface area contributed by atoms with Gasteiger partial charge in [0.25, 0.3) is 11.6 Å². The highest BCUT2D eigenvalue weighted by Gasteiger charge is 2.16. The van der Waals surface area contributed by atoms with Crippen LogP contribution in [0, 0.1) is 17.0 Å². The van der Waals surface area contributed by atoms with E-state index in [9.17, 15) is 14.9 Å². The molecule has 0 aliphatic rings. The van der Waals surface area contributed by atoms with Gasteiger partial charge in [-0.25, -0.2) is 4.98 Å². The molecule has 1 aromatic carbocycles. The third-order valence-corrected chi connectivity index (χ3v) is 4.44. The summed E-state index contributed by atoms with van der Waals surface area (Å²) in [6, 6.07) is 9.39. The highest BCUT2D eigenvalue weighted by atomic mass is 32.1. The van der Waals surface area contributed by atoms with Gasteiger partial charge in [0.15, 0.2) is 0 Å². The number of pyridine rings is 1. The number of nitro groups is 1. The highest BCUT2D eigenvalue weighted by molar-refractivity contribution is 7.17. The van der Waals surface area contributed by atoms with Gasteiger partial charge >= 0.3 is 0 Å². The summed E-state index contributed by atoms with van der Waals surface area (Å²) >= 11 is 1.13. The summed E-state index contributed by atoms with van der Waals surface area (Å²) in [6.45, 7) is 1.70. The maximum absolute atomic E-state index is 12.4. The summed E-state index contributed by atoms with van der Waals surface area (Å²) in [7, 11) is 0. The Bertz CT molecular complexity index is 1000. The Kier molecular flexibility index (Phi) is 5.47. The van der Waals surface area contributed by atoms with E-state index >= 15 is 0 Å². The molecule has 9 nitrogen and oxygen atoms in total. The molecule has 2 aromatic heterocycles. The third-order valence-electron chi connectivity index (χ3n) is 3.38. The summed E-state index contributed by atoms with van der Waals surface area (Å²) in [5.74, 6) is -0.394. The van der Waals surface area contributed by atoms with Crippen LogP contribution in [0.2, 0.25) is 0 Å². The summed E-state index contributed by atoms with van der Waals surface area (Å²) in [6.07, 6.45) is 4.92. The number of anilines is 2. The first kappa shape index (κ1) is 18.1. The molecule has 0 aliphatic heterocycles. The van der Waals surface area contributed by atoms with Gasteiger partial charge in [-0.15, -0.1) is 0 Å². The summed E-state index contributed by atoms with van der Waals surface area (Å²) < 4.78 is 0. The number of amides is 1. The van der Waals surface area contributed by atoms with Crippen LogP contribution in [0.25, 0.3) is 0 Å². The molecule has 0 radical (unpaired) electrons. The monoisotopic (exact) mass is 382 g/mol. The average molecular weight is 382 g/mol. The lowest BCUT2D eigenvalue weighted by atomic mass is 10.2. The minimum Gasteiger partial charge on any atom is -0.321 e. The number of carbonyl (C=O) groups excluding carboxylic acids is 1. The van der Waals surface area contributed by atoms with Gasteiger partial charge in [-0.05, 0) is 19.1 Å². The number of thiazole rings is 1. The number of non-ortho nitro benzene ring substituents is 1. The van der Waals surface area contributed by atoms with Crippen molar-refractivity contribution >= 4 is 40.0 Å². The lowest BCUT2D eigenvalue weighted by Crippen LogP contribution is -2.11. The molecular weight excluding hydrogens is 368 g/mol. The summed E-state index contributed by atoms with van der Waals surface area (Å²) in [5.41, 5.74) is 4.37. The number of nitrogens with one attached hydrogen (secondary N) is 2. The number of hydrogen-bond acceptors (Lipinski definition) is 8. The van der Waals surface area contributed by atoms with Crippen LogP contribution in [0.1, 0.15) is 20.9 Å². The molecule has 0 fully saturated rings. The van der Waals surface area contributed by atoms with Gasteiger partial charge in [-0.3, -0.25) is 25.3 Å². The van der Waals surface area contributed by atoms with Crippen LogP contribution in [0.3, 0.4) is 0 Å². The topological polar surface area (TPSA) is 122 Å². The van der Waals surface area contributed by atoms with Crippen molar-refractivity contribution in [1.82, 2.24) is 9.97 Å². The van der Waals surface area contributed by atoms with Crippen LogP contribution < -0.4 is 10.7 Å². The van der Waals surface area contributed by atoms with Crippen molar-refractivity contribution in [2.75, 3.05) is 10.7 Å². The molecule has 3 aromatic rings. The van der Waals surface area contributed by atoms with E-state index in [1.165, 1.54) is 18.2 Å². The van der Waals surface area contributed by atoms with Crippen molar-refractivity contribution in [2.24, 2.45) is 5.10 Å². The van der Waals surface area contributed by atoms with Gasteiger partial charge in [0.2, 0.25) is 5.13 Å². The Morgan fingerprint density at radius 2 is 2.19 bits per heavy atom. The fraction of sp³-hybridized carbons (Fsp3) is 0.0588. The molecule has 2 N–H and O–H groups in total. The Hall–Kier alpha value is -3.66. The predicted molar refractivity (Wildman–Crippen MR) is 103 cm³/mol. The molecule has 0 spiro atoms. The van der Waals surface area contributed by atoms with Crippen molar-refractivity contribution in [3.05, 3.63) is 75.0 Å². The zero-order chi connectivity index (χ0) is 19.2. The molecule has 0 aliphatic carbocycles. The molecule has 2 heterocycles. The van der Waals surface area contributed by atoms with Crippen LogP contribution in [0.15, 0.2) is 53.9 Å². The van der Waals surface area contributed by atoms with E-state index in [1.54, 1.807) is 37.7 Å². The summed E-state index contributed by atoms with van der Waals surface area (Å²) in [5, 5.41) is 18.0. The molecule has 27 heavy (non-hydrogen) atoms. The second-order valence-corrected chi connectivity index (χ2v) is 6.35. The fourth-order valence-electron chi connectivity index (χ4n) is 2.15.